The van der Waals surface area contributed by atoms with Crippen molar-refractivity contribution in [3.05, 3.63) is 64.9 Å². The highest BCUT2D eigenvalue weighted by Gasteiger charge is 2.35. The Kier molecular flexibility index (Phi) is 6.23. The number of anilines is 2. The van der Waals surface area contributed by atoms with E-state index >= 15 is 0 Å². The quantitative estimate of drug-likeness (QED) is 0.558. The number of hydrogen-bond acceptors (Lipinski definition) is 5. The molecule has 8 heteroatoms. The number of aryl methyl sites for hydroxylation is 2. The number of nitrogens with one attached hydrogen (secondary N) is 2. The summed E-state index contributed by atoms with van der Waals surface area (Å²) in [6.07, 6.45) is 1.63. The van der Waals surface area contributed by atoms with E-state index in [1.807, 2.05) is 50.2 Å². The minimum atomic E-state index is -0.609. The SMILES string of the molecule is Cc1cccc(NC(=O)CN2C(=O)N/C(=C/c3ccc(N4CCOCC4)c(C)c3)C2=O)c1. The summed E-state index contributed by atoms with van der Waals surface area (Å²) in [6, 6.07) is 12.6. The minimum absolute atomic E-state index is 0.150. The second-order valence-electron chi connectivity index (χ2n) is 7.94. The van der Waals surface area contributed by atoms with E-state index in [2.05, 4.69) is 15.5 Å². The summed E-state index contributed by atoms with van der Waals surface area (Å²) in [5.74, 6) is -0.963. The van der Waals surface area contributed by atoms with Crippen LogP contribution in [0.25, 0.3) is 6.08 Å². The molecule has 0 saturated carbocycles. The fourth-order valence-corrected chi connectivity index (χ4v) is 3.88. The maximum Gasteiger partial charge on any atom is 0.329 e. The van der Waals surface area contributed by atoms with E-state index in [1.165, 1.54) is 0 Å². The highest BCUT2D eigenvalue weighted by atomic mass is 16.5. The first-order valence-corrected chi connectivity index (χ1v) is 10.5. The zero-order chi connectivity index (χ0) is 22.7. The molecule has 2 N–H and O–H groups in total. The number of urea groups is 1. The number of benzene rings is 2. The molecule has 4 rings (SSSR count). The van der Waals surface area contributed by atoms with E-state index in [1.54, 1.807) is 12.1 Å². The lowest BCUT2D eigenvalue weighted by atomic mass is 10.1. The van der Waals surface area contributed by atoms with Crippen LogP contribution >= 0.6 is 0 Å². The van der Waals surface area contributed by atoms with Gasteiger partial charge in [0.15, 0.2) is 0 Å². The Morgan fingerprint density at radius 1 is 1.12 bits per heavy atom. The van der Waals surface area contributed by atoms with Crippen molar-refractivity contribution in [3.63, 3.8) is 0 Å². The number of carbonyl (C=O) groups excluding carboxylic acids is 3. The lowest BCUT2D eigenvalue weighted by molar-refractivity contribution is -0.127. The minimum Gasteiger partial charge on any atom is -0.378 e. The first kappa shape index (κ1) is 21.6. The number of carbonyl (C=O) groups is 3. The predicted octanol–water partition coefficient (Wildman–Crippen LogP) is 2.67. The van der Waals surface area contributed by atoms with Crippen LogP contribution in [0.3, 0.4) is 0 Å². The second-order valence-corrected chi connectivity index (χ2v) is 7.94. The molecule has 0 atom stereocenters. The van der Waals surface area contributed by atoms with Crippen molar-refractivity contribution < 1.29 is 19.1 Å². The molecule has 0 bridgehead atoms. The first-order chi connectivity index (χ1) is 15.4. The lowest BCUT2D eigenvalue weighted by Crippen LogP contribution is -2.38. The topological polar surface area (TPSA) is 91.0 Å². The van der Waals surface area contributed by atoms with E-state index in [0.717, 1.165) is 40.4 Å². The van der Waals surface area contributed by atoms with Gasteiger partial charge >= 0.3 is 6.03 Å². The smallest absolute Gasteiger partial charge is 0.329 e. The van der Waals surface area contributed by atoms with Gasteiger partial charge in [0.1, 0.15) is 12.2 Å². The van der Waals surface area contributed by atoms with Crippen molar-refractivity contribution >= 4 is 35.3 Å². The van der Waals surface area contributed by atoms with Crippen molar-refractivity contribution in [2.45, 2.75) is 13.8 Å². The molecule has 0 spiro atoms. The summed E-state index contributed by atoms with van der Waals surface area (Å²) >= 11 is 0. The lowest BCUT2D eigenvalue weighted by Gasteiger charge is -2.30. The average molecular weight is 434 g/mol. The van der Waals surface area contributed by atoms with Gasteiger partial charge in [-0.25, -0.2) is 9.69 Å². The van der Waals surface area contributed by atoms with Gasteiger partial charge in [0, 0.05) is 24.5 Å². The predicted molar refractivity (Wildman–Crippen MR) is 122 cm³/mol. The monoisotopic (exact) mass is 434 g/mol. The van der Waals surface area contributed by atoms with Crippen molar-refractivity contribution in [3.8, 4) is 0 Å². The van der Waals surface area contributed by atoms with Gasteiger partial charge in [0.2, 0.25) is 5.91 Å². The molecule has 4 amide bonds. The summed E-state index contributed by atoms with van der Waals surface area (Å²) in [7, 11) is 0. The Morgan fingerprint density at radius 3 is 2.62 bits per heavy atom. The number of imide groups is 1. The Hall–Kier alpha value is -3.65. The Labute approximate surface area is 186 Å². The molecule has 2 saturated heterocycles. The molecule has 166 valence electrons. The van der Waals surface area contributed by atoms with Crippen LogP contribution in [0.5, 0.6) is 0 Å². The summed E-state index contributed by atoms with van der Waals surface area (Å²) in [5, 5.41) is 5.28. The number of morpholine rings is 1. The molecule has 2 aliphatic rings. The van der Waals surface area contributed by atoms with Crippen LogP contribution in [0.15, 0.2) is 48.2 Å². The zero-order valence-corrected chi connectivity index (χ0v) is 18.2. The van der Waals surface area contributed by atoms with E-state index in [4.69, 9.17) is 4.74 Å². The van der Waals surface area contributed by atoms with Crippen LogP contribution < -0.4 is 15.5 Å². The maximum absolute atomic E-state index is 12.7. The highest BCUT2D eigenvalue weighted by Crippen LogP contribution is 2.24. The van der Waals surface area contributed by atoms with Crippen LogP contribution in [-0.2, 0) is 14.3 Å². The number of rotatable bonds is 5. The third kappa shape index (κ3) is 4.81. The second kappa shape index (κ2) is 9.23. The average Bonchev–Trinajstić information content (AvgIpc) is 3.02. The van der Waals surface area contributed by atoms with Crippen molar-refractivity contribution in [2.24, 2.45) is 0 Å². The molecular weight excluding hydrogens is 408 g/mol. The van der Waals surface area contributed by atoms with Crippen LogP contribution in [0.4, 0.5) is 16.2 Å². The third-order valence-corrected chi connectivity index (χ3v) is 5.45. The van der Waals surface area contributed by atoms with Gasteiger partial charge in [0.25, 0.3) is 5.91 Å². The van der Waals surface area contributed by atoms with Gasteiger partial charge in [-0.2, -0.15) is 0 Å². The van der Waals surface area contributed by atoms with Crippen LogP contribution in [0.2, 0.25) is 0 Å². The third-order valence-electron chi connectivity index (χ3n) is 5.45. The van der Waals surface area contributed by atoms with Gasteiger partial charge < -0.3 is 20.3 Å². The molecule has 2 aromatic rings. The summed E-state index contributed by atoms with van der Waals surface area (Å²) in [5.41, 5.74) is 4.77. The fraction of sp³-hybridized carbons (Fsp3) is 0.292. The van der Waals surface area contributed by atoms with Gasteiger partial charge in [0.05, 0.1) is 13.2 Å². The van der Waals surface area contributed by atoms with Crippen molar-refractivity contribution in [2.75, 3.05) is 43.1 Å². The van der Waals surface area contributed by atoms with Crippen LogP contribution in [0.1, 0.15) is 16.7 Å². The first-order valence-electron chi connectivity index (χ1n) is 10.5. The number of nitrogens with zero attached hydrogens (tertiary/aromatic N) is 2. The molecular formula is C24H26N4O4. The molecule has 0 radical (unpaired) electrons. The van der Waals surface area contributed by atoms with E-state index in [9.17, 15) is 14.4 Å². The molecule has 0 unspecified atom stereocenters. The molecule has 2 aromatic carbocycles. The molecule has 0 aliphatic carbocycles. The zero-order valence-electron chi connectivity index (χ0n) is 18.2. The summed E-state index contributed by atoms with van der Waals surface area (Å²) < 4.78 is 5.41. The van der Waals surface area contributed by atoms with Crippen molar-refractivity contribution in [1.29, 1.82) is 0 Å². The largest absolute Gasteiger partial charge is 0.378 e. The van der Waals surface area contributed by atoms with E-state index < -0.39 is 17.8 Å². The van der Waals surface area contributed by atoms with E-state index in [-0.39, 0.29) is 12.2 Å². The van der Waals surface area contributed by atoms with Gasteiger partial charge in [-0.05, 0) is 60.9 Å². The molecule has 2 aliphatic heterocycles. The molecule has 32 heavy (non-hydrogen) atoms. The van der Waals surface area contributed by atoms with Crippen LogP contribution in [-0.4, -0.2) is 55.6 Å². The fourth-order valence-electron chi connectivity index (χ4n) is 3.88. The normalized spacial score (nSPS) is 17.6. The van der Waals surface area contributed by atoms with E-state index in [0.29, 0.717) is 18.9 Å². The van der Waals surface area contributed by atoms with Crippen LogP contribution in [0, 0.1) is 13.8 Å². The number of ether oxygens (including phenoxy) is 1. The molecule has 8 nitrogen and oxygen atoms in total. The summed E-state index contributed by atoms with van der Waals surface area (Å²) in [6.45, 7) is 6.68. The molecule has 2 fully saturated rings. The number of amides is 4. The molecule has 0 aromatic heterocycles. The maximum atomic E-state index is 12.7. The standard InChI is InChI=1S/C24H26N4O4/c1-16-4-3-5-19(12-16)25-22(29)15-28-23(30)20(26-24(28)31)14-18-6-7-21(17(2)13-18)27-8-10-32-11-9-27/h3-7,12-14H,8-11,15H2,1-2H3,(H,25,29)(H,26,31)/b20-14+. The molecule has 2 heterocycles. The highest BCUT2D eigenvalue weighted by molar-refractivity contribution is 6.16. The van der Waals surface area contributed by atoms with Gasteiger partial charge in [-0.1, -0.05) is 18.2 Å². The van der Waals surface area contributed by atoms with Gasteiger partial charge in [-0.15, -0.1) is 0 Å². The Bertz CT molecular complexity index is 1090. The summed E-state index contributed by atoms with van der Waals surface area (Å²) in [4.78, 5) is 40.6. The Balaban J connectivity index is 1.43. The number of hydrogen-bond donors (Lipinski definition) is 2. The Morgan fingerprint density at radius 2 is 1.91 bits per heavy atom. The van der Waals surface area contributed by atoms with Crippen molar-refractivity contribution in [1.82, 2.24) is 10.2 Å². The van der Waals surface area contributed by atoms with Gasteiger partial charge in [-0.3, -0.25) is 9.59 Å².